The van der Waals surface area contributed by atoms with Gasteiger partial charge in [0.1, 0.15) is 12.1 Å². The van der Waals surface area contributed by atoms with Crippen molar-refractivity contribution in [2.24, 2.45) is 0 Å². The fourth-order valence-electron chi connectivity index (χ4n) is 1.85. The number of hydrogen-bond donors (Lipinski definition) is 1. The van der Waals surface area contributed by atoms with Crippen LogP contribution in [0.5, 0.6) is 0 Å². The van der Waals surface area contributed by atoms with E-state index in [1.54, 1.807) is 11.9 Å². The Bertz CT molecular complexity index is 241. The molecule has 0 amide bonds. The molecule has 1 aliphatic rings. The van der Waals surface area contributed by atoms with Crippen molar-refractivity contribution in [3.63, 3.8) is 0 Å². The highest BCUT2D eigenvalue weighted by molar-refractivity contribution is 5.79. The highest BCUT2D eigenvalue weighted by Crippen LogP contribution is 2.22. The molecule has 0 spiro atoms. The van der Waals surface area contributed by atoms with Crippen LogP contribution in [0.4, 0.5) is 0 Å². The molecule has 1 aliphatic heterocycles. The minimum atomic E-state index is -0.874. The van der Waals surface area contributed by atoms with Gasteiger partial charge >= 0.3 is 11.9 Å². The number of aliphatic carboxylic acids is 1. The Morgan fingerprint density at radius 3 is 2.43 bits per heavy atom. The standard InChI is InChI=1S/C9H15NO4/c1-10-6(8(11)12)4-3-5-7(10)9(13)14-2/h6-7H,3-5H2,1-2H3,(H,11,12). The molecule has 1 fully saturated rings. The zero-order valence-corrected chi connectivity index (χ0v) is 8.40. The number of nitrogens with zero attached hydrogens (tertiary/aromatic N) is 1. The number of methoxy groups -OCH3 is 1. The van der Waals surface area contributed by atoms with Crippen LogP contribution in [0.25, 0.3) is 0 Å². The van der Waals surface area contributed by atoms with E-state index in [0.29, 0.717) is 12.8 Å². The SMILES string of the molecule is COC(=O)C1CCCC(C(=O)O)N1C. The van der Waals surface area contributed by atoms with Crippen molar-refractivity contribution < 1.29 is 19.4 Å². The molecule has 5 heteroatoms. The fourth-order valence-corrected chi connectivity index (χ4v) is 1.85. The van der Waals surface area contributed by atoms with Gasteiger partial charge in [0.05, 0.1) is 7.11 Å². The maximum absolute atomic E-state index is 11.3. The van der Waals surface area contributed by atoms with Crippen molar-refractivity contribution >= 4 is 11.9 Å². The van der Waals surface area contributed by atoms with E-state index < -0.39 is 18.1 Å². The van der Waals surface area contributed by atoms with Gasteiger partial charge in [-0.25, -0.2) is 0 Å². The van der Waals surface area contributed by atoms with Gasteiger partial charge in [0.2, 0.25) is 0 Å². The number of rotatable bonds is 2. The third-order valence-corrected chi connectivity index (χ3v) is 2.70. The Kier molecular flexibility index (Phi) is 3.46. The van der Waals surface area contributed by atoms with Crippen molar-refractivity contribution in [2.75, 3.05) is 14.2 Å². The molecule has 0 aromatic heterocycles. The third-order valence-electron chi connectivity index (χ3n) is 2.70. The van der Waals surface area contributed by atoms with Gasteiger partial charge < -0.3 is 9.84 Å². The molecule has 1 saturated heterocycles. The van der Waals surface area contributed by atoms with Crippen LogP contribution in [-0.4, -0.2) is 48.2 Å². The summed E-state index contributed by atoms with van der Waals surface area (Å²) in [6, 6.07) is -0.970. The molecular formula is C9H15NO4. The van der Waals surface area contributed by atoms with Gasteiger partial charge in [-0.1, -0.05) is 0 Å². The highest BCUT2D eigenvalue weighted by Gasteiger charge is 2.36. The van der Waals surface area contributed by atoms with Crippen LogP contribution in [0, 0.1) is 0 Å². The molecule has 0 aromatic carbocycles. The quantitative estimate of drug-likeness (QED) is 0.642. The summed E-state index contributed by atoms with van der Waals surface area (Å²) < 4.78 is 4.61. The number of piperidine rings is 1. The van der Waals surface area contributed by atoms with Crippen LogP contribution in [0.15, 0.2) is 0 Å². The molecule has 0 radical (unpaired) electrons. The zero-order chi connectivity index (χ0) is 10.7. The van der Waals surface area contributed by atoms with E-state index in [4.69, 9.17) is 5.11 Å². The molecular weight excluding hydrogens is 186 g/mol. The van der Waals surface area contributed by atoms with Crippen LogP contribution >= 0.6 is 0 Å². The van der Waals surface area contributed by atoms with Gasteiger partial charge in [-0.2, -0.15) is 0 Å². The smallest absolute Gasteiger partial charge is 0.323 e. The Labute approximate surface area is 82.6 Å². The molecule has 14 heavy (non-hydrogen) atoms. The lowest BCUT2D eigenvalue weighted by atomic mass is 9.96. The number of carbonyl (C=O) groups is 2. The number of ether oxygens (including phenoxy) is 1. The molecule has 1 heterocycles. The van der Waals surface area contributed by atoms with Crippen molar-refractivity contribution in [2.45, 2.75) is 31.3 Å². The lowest BCUT2D eigenvalue weighted by Crippen LogP contribution is -2.51. The maximum Gasteiger partial charge on any atom is 0.323 e. The number of likely N-dealkylation sites (N-methyl/N-ethyl adjacent to an activating group) is 1. The van der Waals surface area contributed by atoms with E-state index in [1.165, 1.54) is 7.11 Å². The van der Waals surface area contributed by atoms with Gasteiger partial charge in [-0.15, -0.1) is 0 Å². The van der Waals surface area contributed by atoms with Gasteiger partial charge in [0.15, 0.2) is 0 Å². The summed E-state index contributed by atoms with van der Waals surface area (Å²) in [5, 5.41) is 8.89. The molecule has 1 N–H and O–H groups in total. The Hall–Kier alpha value is -1.10. The first kappa shape index (κ1) is 11.0. The molecule has 80 valence electrons. The monoisotopic (exact) mass is 201 g/mol. The highest BCUT2D eigenvalue weighted by atomic mass is 16.5. The second-order valence-electron chi connectivity index (χ2n) is 3.49. The predicted molar refractivity (Wildman–Crippen MR) is 48.8 cm³/mol. The van der Waals surface area contributed by atoms with Crippen LogP contribution in [0.1, 0.15) is 19.3 Å². The molecule has 1 rings (SSSR count). The lowest BCUT2D eigenvalue weighted by molar-refractivity contribution is -0.154. The van der Waals surface area contributed by atoms with Gasteiger partial charge in [-0.3, -0.25) is 14.5 Å². The summed E-state index contributed by atoms with van der Waals surface area (Å²) in [5.74, 6) is -1.22. The summed E-state index contributed by atoms with van der Waals surface area (Å²) in [6.45, 7) is 0. The Morgan fingerprint density at radius 2 is 1.93 bits per heavy atom. The zero-order valence-electron chi connectivity index (χ0n) is 8.40. The first-order valence-electron chi connectivity index (χ1n) is 4.60. The second-order valence-corrected chi connectivity index (χ2v) is 3.49. The summed E-state index contributed by atoms with van der Waals surface area (Å²) >= 11 is 0. The van der Waals surface area contributed by atoms with Crippen molar-refractivity contribution in [3.8, 4) is 0 Å². The number of esters is 1. The maximum atomic E-state index is 11.3. The Balaban J connectivity index is 2.70. The molecule has 2 atom stereocenters. The third kappa shape index (κ3) is 2.04. The normalized spacial score (nSPS) is 28.4. The van der Waals surface area contributed by atoms with Gasteiger partial charge in [-0.05, 0) is 26.3 Å². The first-order valence-corrected chi connectivity index (χ1v) is 4.60. The van der Waals surface area contributed by atoms with Crippen LogP contribution in [0.2, 0.25) is 0 Å². The predicted octanol–water partition coefficient (Wildman–Crippen LogP) is 0.0969. The topological polar surface area (TPSA) is 66.8 Å². The number of carboxylic acid groups (broad SMARTS) is 1. The van der Waals surface area contributed by atoms with Crippen LogP contribution < -0.4 is 0 Å². The van der Waals surface area contributed by atoms with Crippen LogP contribution in [-0.2, 0) is 14.3 Å². The average Bonchev–Trinajstić information content (AvgIpc) is 2.16. The minimum Gasteiger partial charge on any atom is -0.480 e. The summed E-state index contributed by atoms with van der Waals surface area (Å²) in [6.07, 6.45) is 2.02. The molecule has 0 bridgehead atoms. The number of carbonyl (C=O) groups excluding carboxylic acids is 1. The first-order chi connectivity index (χ1) is 6.57. The Morgan fingerprint density at radius 1 is 1.36 bits per heavy atom. The van der Waals surface area contributed by atoms with E-state index in [2.05, 4.69) is 4.74 Å². The summed E-state index contributed by atoms with van der Waals surface area (Å²) in [7, 11) is 2.97. The molecule has 0 aromatic rings. The summed E-state index contributed by atoms with van der Waals surface area (Å²) in [5.41, 5.74) is 0. The largest absolute Gasteiger partial charge is 0.480 e. The lowest BCUT2D eigenvalue weighted by Gasteiger charge is -2.35. The minimum absolute atomic E-state index is 0.349. The van der Waals surface area contributed by atoms with E-state index in [1.807, 2.05) is 0 Å². The van der Waals surface area contributed by atoms with Crippen molar-refractivity contribution in [1.29, 1.82) is 0 Å². The van der Waals surface area contributed by atoms with Crippen molar-refractivity contribution in [1.82, 2.24) is 4.90 Å². The van der Waals surface area contributed by atoms with Crippen LogP contribution in [0.3, 0.4) is 0 Å². The van der Waals surface area contributed by atoms with E-state index >= 15 is 0 Å². The average molecular weight is 201 g/mol. The number of carboxylic acids is 1. The summed E-state index contributed by atoms with van der Waals surface area (Å²) in [4.78, 5) is 23.7. The molecule has 0 aliphatic carbocycles. The second kappa shape index (κ2) is 4.41. The fraction of sp³-hybridized carbons (Fsp3) is 0.778. The molecule has 0 saturated carbocycles. The number of hydrogen-bond acceptors (Lipinski definition) is 4. The molecule has 2 unspecified atom stereocenters. The van der Waals surface area contributed by atoms with Crippen molar-refractivity contribution in [3.05, 3.63) is 0 Å². The number of likely N-dealkylation sites (tertiary alicyclic amines) is 1. The van der Waals surface area contributed by atoms with Gasteiger partial charge in [0, 0.05) is 0 Å². The van der Waals surface area contributed by atoms with E-state index in [-0.39, 0.29) is 5.97 Å². The van der Waals surface area contributed by atoms with E-state index in [9.17, 15) is 9.59 Å². The van der Waals surface area contributed by atoms with Gasteiger partial charge in [0.25, 0.3) is 0 Å². The molecule has 5 nitrogen and oxygen atoms in total. The van der Waals surface area contributed by atoms with E-state index in [0.717, 1.165) is 6.42 Å².